The van der Waals surface area contributed by atoms with Crippen LogP contribution in [0.3, 0.4) is 0 Å². The zero-order chi connectivity index (χ0) is 18.3. The fourth-order valence-electron chi connectivity index (χ4n) is 3.49. The van der Waals surface area contributed by atoms with Gasteiger partial charge in [0.05, 0.1) is 17.6 Å². The highest BCUT2D eigenvalue weighted by molar-refractivity contribution is 6.16. The number of carbonyl (C=O) groups excluding carboxylic acids is 1. The lowest BCUT2D eigenvalue weighted by atomic mass is 9.91. The van der Waals surface area contributed by atoms with Crippen molar-refractivity contribution in [1.82, 2.24) is 9.78 Å². The Hall–Kier alpha value is -3.05. The summed E-state index contributed by atoms with van der Waals surface area (Å²) >= 11 is 0. The number of aryl methyl sites for hydroxylation is 2. The molecule has 1 aliphatic heterocycles. The summed E-state index contributed by atoms with van der Waals surface area (Å²) in [5.74, 6) is 0.0360. The molecule has 0 unspecified atom stereocenters. The lowest BCUT2D eigenvalue weighted by molar-refractivity contribution is 0.1000. The fourth-order valence-corrected chi connectivity index (χ4v) is 3.49. The van der Waals surface area contributed by atoms with Gasteiger partial charge in [-0.25, -0.2) is 0 Å². The smallest absolute Gasteiger partial charge is 0.184 e. The van der Waals surface area contributed by atoms with Gasteiger partial charge in [-0.2, -0.15) is 5.10 Å². The number of rotatable bonds is 3. The molecule has 0 bridgehead atoms. The first-order valence-corrected chi connectivity index (χ1v) is 8.59. The van der Waals surface area contributed by atoms with Crippen LogP contribution in [0.1, 0.15) is 21.5 Å². The number of nitrogens with two attached hydrogens (primary N) is 1. The average Bonchev–Trinajstić information content (AvgIpc) is 3.03. The molecule has 0 fully saturated rings. The van der Waals surface area contributed by atoms with Gasteiger partial charge < -0.3 is 5.73 Å². The van der Waals surface area contributed by atoms with Gasteiger partial charge in [-0.05, 0) is 24.6 Å². The molecule has 2 heterocycles. The van der Waals surface area contributed by atoms with Gasteiger partial charge >= 0.3 is 0 Å². The summed E-state index contributed by atoms with van der Waals surface area (Å²) in [5.41, 5.74) is 13.5. The maximum Gasteiger partial charge on any atom is 0.184 e. The quantitative estimate of drug-likeness (QED) is 0.794. The van der Waals surface area contributed by atoms with Crippen molar-refractivity contribution >= 4 is 11.5 Å². The fraction of sp³-hybridized carbons (Fsp3) is 0.190. The Morgan fingerprint density at radius 2 is 1.92 bits per heavy atom. The number of nitrogens with zero attached hydrogens (tertiary/aromatic N) is 3. The highest BCUT2D eigenvalue weighted by atomic mass is 16.1. The van der Waals surface area contributed by atoms with Gasteiger partial charge in [0.15, 0.2) is 5.78 Å². The molecule has 1 aliphatic rings. The van der Waals surface area contributed by atoms with Gasteiger partial charge in [0, 0.05) is 35.8 Å². The standard InChI is InChI=1S/C21H20N4O/c1-13-4-3-5-15(8-13)21-18(11-24-25(21)2)14-6-7-16-17(9-14)19(10-22)23-12-20(16)26/h3-9,11H,10,12,22H2,1-2H3. The van der Waals surface area contributed by atoms with Gasteiger partial charge in [-0.15, -0.1) is 0 Å². The van der Waals surface area contributed by atoms with Crippen LogP contribution < -0.4 is 5.73 Å². The van der Waals surface area contributed by atoms with E-state index in [0.29, 0.717) is 12.1 Å². The highest BCUT2D eigenvalue weighted by Gasteiger charge is 2.21. The van der Waals surface area contributed by atoms with E-state index < -0.39 is 0 Å². The lowest BCUT2D eigenvalue weighted by Crippen LogP contribution is -2.24. The maximum atomic E-state index is 12.2. The monoisotopic (exact) mass is 344 g/mol. The summed E-state index contributed by atoms with van der Waals surface area (Å²) in [6.45, 7) is 2.58. The van der Waals surface area contributed by atoms with Crippen molar-refractivity contribution in [2.45, 2.75) is 6.92 Å². The van der Waals surface area contributed by atoms with Crippen molar-refractivity contribution < 1.29 is 4.79 Å². The Kier molecular flexibility index (Phi) is 4.01. The largest absolute Gasteiger partial charge is 0.325 e. The van der Waals surface area contributed by atoms with Gasteiger partial charge in [0.25, 0.3) is 0 Å². The van der Waals surface area contributed by atoms with Crippen LogP contribution in [-0.2, 0) is 7.05 Å². The molecule has 0 saturated carbocycles. The molecule has 0 radical (unpaired) electrons. The Morgan fingerprint density at radius 3 is 2.69 bits per heavy atom. The normalized spacial score (nSPS) is 13.5. The molecule has 26 heavy (non-hydrogen) atoms. The van der Waals surface area contributed by atoms with Crippen LogP contribution in [0.25, 0.3) is 22.4 Å². The molecule has 1 aromatic heterocycles. The molecule has 2 aromatic carbocycles. The number of carbonyl (C=O) groups is 1. The molecule has 2 N–H and O–H groups in total. The van der Waals surface area contributed by atoms with Crippen LogP contribution in [0.4, 0.5) is 0 Å². The molecule has 0 spiro atoms. The Balaban J connectivity index is 1.88. The summed E-state index contributed by atoms with van der Waals surface area (Å²) in [5, 5.41) is 4.46. The van der Waals surface area contributed by atoms with Gasteiger partial charge in [0.2, 0.25) is 0 Å². The van der Waals surface area contributed by atoms with Crippen LogP contribution >= 0.6 is 0 Å². The van der Waals surface area contributed by atoms with Crippen LogP contribution in [-0.4, -0.2) is 34.4 Å². The van der Waals surface area contributed by atoms with Gasteiger partial charge in [0.1, 0.15) is 6.54 Å². The number of fused-ring (bicyclic) bond motifs is 1. The number of aliphatic imine (C=N–C) groups is 1. The topological polar surface area (TPSA) is 73.3 Å². The third kappa shape index (κ3) is 2.66. The minimum atomic E-state index is 0.0360. The molecule has 0 saturated heterocycles. The molecule has 0 aliphatic carbocycles. The molecule has 3 aromatic rings. The van der Waals surface area contributed by atoms with E-state index in [0.717, 1.165) is 33.7 Å². The summed E-state index contributed by atoms with van der Waals surface area (Å²) in [7, 11) is 1.94. The first-order chi connectivity index (χ1) is 12.6. The van der Waals surface area contributed by atoms with E-state index in [9.17, 15) is 4.79 Å². The van der Waals surface area contributed by atoms with E-state index in [2.05, 4.69) is 35.2 Å². The first kappa shape index (κ1) is 16.4. The zero-order valence-corrected chi connectivity index (χ0v) is 14.9. The second-order valence-electron chi connectivity index (χ2n) is 6.55. The van der Waals surface area contributed by atoms with E-state index >= 15 is 0 Å². The van der Waals surface area contributed by atoms with Crippen molar-refractivity contribution in [1.29, 1.82) is 0 Å². The van der Waals surface area contributed by atoms with Crippen molar-refractivity contribution in [2.75, 3.05) is 13.1 Å². The van der Waals surface area contributed by atoms with Crippen LogP contribution in [0, 0.1) is 6.92 Å². The molecule has 5 heteroatoms. The number of ketones is 1. The lowest BCUT2D eigenvalue weighted by Gasteiger charge is -2.16. The van der Waals surface area contributed by atoms with Crippen LogP contribution in [0.2, 0.25) is 0 Å². The van der Waals surface area contributed by atoms with Gasteiger partial charge in [-0.3, -0.25) is 14.5 Å². The summed E-state index contributed by atoms with van der Waals surface area (Å²) in [4.78, 5) is 16.5. The van der Waals surface area contributed by atoms with Gasteiger partial charge in [-0.1, -0.05) is 35.9 Å². The molecular weight excluding hydrogens is 324 g/mol. The molecule has 130 valence electrons. The van der Waals surface area contributed by atoms with E-state index in [1.54, 1.807) is 0 Å². The van der Waals surface area contributed by atoms with Crippen molar-refractivity contribution in [2.24, 2.45) is 17.8 Å². The second kappa shape index (κ2) is 6.35. The number of hydrogen-bond donors (Lipinski definition) is 1. The Labute approximate surface area is 152 Å². The highest BCUT2D eigenvalue weighted by Crippen LogP contribution is 2.33. The van der Waals surface area contributed by atoms with E-state index in [1.807, 2.05) is 42.2 Å². The number of benzene rings is 2. The predicted octanol–water partition coefficient (Wildman–Crippen LogP) is 3.01. The average molecular weight is 344 g/mol. The molecule has 5 nitrogen and oxygen atoms in total. The Bertz CT molecular complexity index is 1050. The number of Topliss-reactive ketones (excluding diaryl/α,β-unsaturated/α-hetero) is 1. The summed E-state index contributed by atoms with van der Waals surface area (Å²) in [6, 6.07) is 14.2. The first-order valence-electron chi connectivity index (χ1n) is 8.59. The summed E-state index contributed by atoms with van der Waals surface area (Å²) in [6.07, 6.45) is 1.86. The minimum absolute atomic E-state index is 0.0360. The third-order valence-electron chi connectivity index (χ3n) is 4.78. The van der Waals surface area contributed by atoms with Crippen molar-refractivity contribution in [3.05, 3.63) is 65.4 Å². The third-order valence-corrected chi connectivity index (χ3v) is 4.78. The van der Waals surface area contributed by atoms with E-state index in [4.69, 9.17) is 5.73 Å². The van der Waals surface area contributed by atoms with Crippen molar-refractivity contribution in [3.8, 4) is 22.4 Å². The molecule has 0 amide bonds. The molecule has 4 rings (SSSR count). The van der Waals surface area contributed by atoms with E-state index in [1.165, 1.54) is 5.56 Å². The van der Waals surface area contributed by atoms with E-state index in [-0.39, 0.29) is 12.3 Å². The predicted molar refractivity (Wildman–Crippen MR) is 104 cm³/mol. The van der Waals surface area contributed by atoms with Crippen LogP contribution in [0.5, 0.6) is 0 Å². The van der Waals surface area contributed by atoms with Crippen molar-refractivity contribution in [3.63, 3.8) is 0 Å². The number of hydrogen-bond acceptors (Lipinski definition) is 4. The minimum Gasteiger partial charge on any atom is -0.325 e. The maximum absolute atomic E-state index is 12.2. The number of aromatic nitrogens is 2. The summed E-state index contributed by atoms with van der Waals surface area (Å²) < 4.78 is 1.88. The Morgan fingerprint density at radius 1 is 1.08 bits per heavy atom. The molecule has 0 atom stereocenters. The zero-order valence-electron chi connectivity index (χ0n) is 14.9. The second-order valence-corrected chi connectivity index (χ2v) is 6.55. The SMILES string of the molecule is Cc1cccc(-c2c(-c3ccc4c(c3)C(CN)=NCC4=O)cnn2C)c1. The van der Waals surface area contributed by atoms with Crippen LogP contribution in [0.15, 0.2) is 53.7 Å². The molecular formula is C21H20N4O.